The van der Waals surface area contributed by atoms with Crippen molar-refractivity contribution in [2.75, 3.05) is 0 Å². The lowest BCUT2D eigenvalue weighted by Gasteiger charge is -2.24. The van der Waals surface area contributed by atoms with Crippen LogP contribution in [0.2, 0.25) is 0 Å². The van der Waals surface area contributed by atoms with Crippen LogP contribution in [0.3, 0.4) is 0 Å². The van der Waals surface area contributed by atoms with E-state index in [1.807, 2.05) is 13.8 Å². The first-order chi connectivity index (χ1) is 7.35. The van der Waals surface area contributed by atoms with Crippen LogP contribution in [0.1, 0.15) is 92.4 Å². The van der Waals surface area contributed by atoms with Gasteiger partial charge in [0.1, 0.15) is 0 Å². The molecule has 0 N–H and O–H groups in total. The summed E-state index contributed by atoms with van der Waals surface area (Å²) in [5.41, 5.74) is 0. The third-order valence-electron chi connectivity index (χ3n) is 2.94. The highest BCUT2D eigenvalue weighted by Gasteiger charge is 2.15. The lowest BCUT2D eigenvalue weighted by Crippen LogP contribution is -2.10. The summed E-state index contributed by atoms with van der Waals surface area (Å²) in [6.07, 6.45) is 13.1. The Morgan fingerprint density at radius 1 is 0.800 bits per heavy atom. The highest BCUT2D eigenvalue weighted by atomic mass is 14.2. The summed E-state index contributed by atoms with van der Waals surface area (Å²) in [7, 11) is 0. The monoisotopic (exact) mass is 214 g/mol. The normalized spacial score (nSPS) is 14.2. The van der Waals surface area contributed by atoms with Gasteiger partial charge in [0.15, 0.2) is 0 Å². The van der Waals surface area contributed by atoms with Crippen molar-refractivity contribution in [3.63, 3.8) is 0 Å². The van der Waals surface area contributed by atoms with Gasteiger partial charge in [-0.2, -0.15) is 0 Å². The van der Waals surface area contributed by atoms with Crippen LogP contribution in [0.15, 0.2) is 0 Å². The van der Waals surface area contributed by atoms with Crippen LogP contribution < -0.4 is 0 Å². The Hall–Kier alpha value is 0. The van der Waals surface area contributed by atoms with E-state index in [1.54, 1.807) is 0 Å². The zero-order valence-corrected chi connectivity index (χ0v) is 11.9. The molecule has 0 aromatic carbocycles. The molecular weight excluding hydrogens is 180 g/mol. The summed E-state index contributed by atoms with van der Waals surface area (Å²) in [5.74, 6) is 1.14. The highest BCUT2D eigenvalue weighted by molar-refractivity contribution is 4.68. The maximum atomic E-state index is 2.28. The zero-order valence-electron chi connectivity index (χ0n) is 11.9. The molecule has 0 spiro atoms. The van der Waals surface area contributed by atoms with Gasteiger partial charge in [0.05, 0.1) is 0 Å². The van der Waals surface area contributed by atoms with Gasteiger partial charge in [0, 0.05) is 0 Å². The molecule has 94 valence electrons. The van der Waals surface area contributed by atoms with Crippen molar-refractivity contribution in [3.8, 4) is 0 Å². The summed E-state index contributed by atoms with van der Waals surface area (Å²) >= 11 is 0. The van der Waals surface area contributed by atoms with E-state index in [4.69, 9.17) is 0 Å². The van der Waals surface area contributed by atoms with Gasteiger partial charge in [-0.15, -0.1) is 0 Å². The number of hydrogen-bond acceptors (Lipinski definition) is 0. The Kier molecular flexibility index (Phi) is 19.1. The minimum absolute atomic E-state index is 1.14. The van der Waals surface area contributed by atoms with Crippen LogP contribution in [0, 0.1) is 5.92 Å². The first kappa shape index (κ1) is 17.4. The predicted molar refractivity (Wildman–Crippen MR) is 73.4 cm³/mol. The lowest BCUT2D eigenvalue weighted by atomic mass is 9.82. The van der Waals surface area contributed by atoms with Crippen molar-refractivity contribution < 1.29 is 0 Å². The Morgan fingerprint density at radius 3 is 1.60 bits per heavy atom. The molecule has 0 radical (unpaired) electrons. The van der Waals surface area contributed by atoms with E-state index in [9.17, 15) is 0 Å². The molecule has 0 bridgehead atoms. The second kappa shape index (κ2) is 16.4. The zero-order chi connectivity index (χ0) is 11.9. The van der Waals surface area contributed by atoms with E-state index in [1.165, 1.54) is 57.8 Å². The van der Waals surface area contributed by atoms with E-state index < -0.39 is 0 Å². The van der Waals surface area contributed by atoms with Gasteiger partial charge < -0.3 is 0 Å². The average molecular weight is 214 g/mol. The van der Waals surface area contributed by atoms with E-state index in [0.717, 1.165) is 5.92 Å². The summed E-state index contributed by atoms with van der Waals surface area (Å²) in [5, 5.41) is 0. The van der Waals surface area contributed by atoms with Crippen LogP contribution >= 0.6 is 0 Å². The molecule has 0 heteroatoms. The smallest absolute Gasteiger partial charge is 0.0414 e. The van der Waals surface area contributed by atoms with Crippen LogP contribution in [0.5, 0.6) is 0 Å². The van der Waals surface area contributed by atoms with Gasteiger partial charge in [-0.25, -0.2) is 0 Å². The van der Waals surface area contributed by atoms with Crippen LogP contribution in [0.4, 0.5) is 0 Å². The topological polar surface area (TPSA) is 0 Å². The Bertz CT molecular complexity index is 80.0. The van der Waals surface area contributed by atoms with Crippen molar-refractivity contribution in [1.82, 2.24) is 0 Å². The molecule has 1 rings (SSSR count). The summed E-state index contributed by atoms with van der Waals surface area (Å²) in [4.78, 5) is 0. The minimum Gasteiger partial charge on any atom is -0.0683 e. The molecule has 0 heterocycles. The van der Waals surface area contributed by atoms with E-state index in [-0.39, 0.29) is 0 Å². The van der Waals surface area contributed by atoms with E-state index in [2.05, 4.69) is 20.8 Å². The van der Waals surface area contributed by atoms with Gasteiger partial charge in [-0.05, 0) is 5.92 Å². The van der Waals surface area contributed by atoms with Crippen molar-refractivity contribution >= 4 is 0 Å². The largest absolute Gasteiger partial charge is 0.0683 e. The summed E-state index contributed by atoms with van der Waals surface area (Å²) in [6.45, 7) is 10.6. The van der Waals surface area contributed by atoms with Crippen molar-refractivity contribution in [2.45, 2.75) is 92.4 Å². The number of unbranched alkanes of at least 4 members (excludes halogenated alkanes) is 3. The lowest BCUT2D eigenvalue weighted by molar-refractivity contribution is 0.287. The molecule has 0 saturated heterocycles. The Morgan fingerprint density at radius 2 is 1.33 bits per heavy atom. The Balaban J connectivity index is 0. The van der Waals surface area contributed by atoms with Crippen molar-refractivity contribution in [3.05, 3.63) is 0 Å². The molecule has 0 nitrogen and oxygen atoms in total. The predicted octanol–water partition coefficient (Wildman–Crippen LogP) is 6.20. The third-order valence-corrected chi connectivity index (χ3v) is 2.94. The van der Waals surface area contributed by atoms with E-state index in [0.29, 0.717) is 0 Å². The van der Waals surface area contributed by atoms with Crippen molar-refractivity contribution in [1.29, 1.82) is 0 Å². The summed E-state index contributed by atoms with van der Waals surface area (Å²) in [6, 6.07) is 0. The van der Waals surface area contributed by atoms with Gasteiger partial charge in [0.25, 0.3) is 0 Å². The Labute approximate surface area is 98.9 Å². The number of rotatable bonds is 5. The SMILES string of the molecule is CC.CCCC.CCCCCC1CCC1. The molecule has 0 unspecified atom stereocenters. The third kappa shape index (κ3) is 14.0. The molecule has 0 aromatic rings. The van der Waals surface area contributed by atoms with Gasteiger partial charge >= 0.3 is 0 Å². The van der Waals surface area contributed by atoms with Gasteiger partial charge in [-0.1, -0.05) is 92.4 Å². The standard InChI is InChI=1S/C9H18.C4H10.C2H6/c1-2-3-4-6-9-7-5-8-9;1-3-4-2;1-2/h9H,2-8H2,1H3;3-4H2,1-2H3;1-2H3. The second-order valence-corrected chi connectivity index (χ2v) is 4.29. The van der Waals surface area contributed by atoms with E-state index >= 15 is 0 Å². The molecule has 1 fully saturated rings. The fourth-order valence-electron chi connectivity index (χ4n) is 1.46. The summed E-state index contributed by atoms with van der Waals surface area (Å²) < 4.78 is 0. The maximum Gasteiger partial charge on any atom is -0.0414 e. The molecule has 0 aromatic heterocycles. The molecule has 0 atom stereocenters. The molecule has 1 aliphatic carbocycles. The first-order valence-corrected chi connectivity index (χ1v) is 7.35. The molecule has 1 aliphatic rings. The number of hydrogen-bond donors (Lipinski definition) is 0. The molecule has 0 amide bonds. The maximum absolute atomic E-state index is 2.28. The van der Waals surface area contributed by atoms with Gasteiger partial charge in [-0.3, -0.25) is 0 Å². The van der Waals surface area contributed by atoms with Crippen LogP contribution in [-0.4, -0.2) is 0 Å². The highest BCUT2D eigenvalue weighted by Crippen LogP contribution is 2.30. The second-order valence-electron chi connectivity index (χ2n) is 4.29. The fourth-order valence-corrected chi connectivity index (χ4v) is 1.46. The first-order valence-electron chi connectivity index (χ1n) is 7.35. The average Bonchev–Trinajstić information content (AvgIpc) is 2.25. The molecular formula is C15H34. The molecule has 1 saturated carbocycles. The molecule has 15 heavy (non-hydrogen) atoms. The van der Waals surface area contributed by atoms with Crippen LogP contribution in [0.25, 0.3) is 0 Å². The molecule has 0 aliphatic heterocycles. The quantitative estimate of drug-likeness (QED) is 0.478. The van der Waals surface area contributed by atoms with Gasteiger partial charge in [0.2, 0.25) is 0 Å². The van der Waals surface area contributed by atoms with Crippen molar-refractivity contribution in [2.24, 2.45) is 5.92 Å². The van der Waals surface area contributed by atoms with Crippen LogP contribution in [-0.2, 0) is 0 Å². The minimum atomic E-state index is 1.14. The fraction of sp³-hybridized carbons (Fsp3) is 1.00.